The molecule has 0 bridgehead atoms. The molecule has 2 atom stereocenters. The van der Waals surface area contributed by atoms with E-state index in [2.05, 4.69) is 5.32 Å². The third kappa shape index (κ3) is 3.76. The Hall–Kier alpha value is -2.40. The van der Waals surface area contributed by atoms with E-state index in [9.17, 15) is 27.5 Å². The van der Waals surface area contributed by atoms with Crippen LogP contribution in [0, 0.1) is 11.2 Å². The number of benzene rings is 1. The first-order valence-electron chi connectivity index (χ1n) is 8.43. The van der Waals surface area contributed by atoms with Crippen molar-refractivity contribution in [2.45, 2.75) is 46.3 Å². The molecule has 0 aliphatic carbocycles. The van der Waals surface area contributed by atoms with E-state index < -0.39 is 45.4 Å². The van der Waals surface area contributed by atoms with E-state index in [1.54, 1.807) is 27.7 Å². The van der Waals surface area contributed by atoms with E-state index in [-0.39, 0.29) is 22.2 Å². The number of nitrogens with zero attached hydrogens (tertiary/aromatic N) is 1. The van der Waals surface area contributed by atoms with Crippen LogP contribution in [0.25, 0.3) is 0 Å². The Morgan fingerprint density at radius 3 is 2.50 bits per heavy atom. The Morgan fingerprint density at radius 2 is 2.00 bits per heavy atom. The topological polar surface area (TPSA) is 125 Å². The van der Waals surface area contributed by atoms with Crippen molar-refractivity contribution < 1.29 is 36.4 Å². The lowest BCUT2D eigenvalue weighted by atomic mass is 9.73. The van der Waals surface area contributed by atoms with Crippen molar-refractivity contribution in [3.63, 3.8) is 0 Å². The molecular weight excluding hydrogens is 395 g/mol. The highest BCUT2D eigenvalue weighted by atomic mass is 32.2. The van der Waals surface area contributed by atoms with Crippen LogP contribution in [-0.4, -0.2) is 37.6 Å². The zero-order chi connectivity index (χ0) is 21.5. The Morgan fingerprint density at radius 1 is 1.39 bits per heavy atom. The number of ether oxygens (including phenoxy) is 1. The zero-order valence-corrected chi connectivity index (χ0v) is 16.9. The van der Waals surface area contributed by atoms with Crippen molar-refractivity contribution >= 4 is 28.2 Å². The summed E-state index contributed by atoms with van der Waals surface area (Å²) in [6.45, 7) is 7.82. The van der Waals surface area contributed by atoms with Crippen LogP contribution < -0.4 is 10.4 Å². The first-order valence-corrected chi connectivity index (χ1v) is 9.80. The van der Waals surface area contributed by atoms with Gasteiger partial charge < -0.3 is 14.6 Å². The van der Waals surface area contributed by atoms with E-state index in [1.165, 1.54) is 13.0 Å². The predicted octanol–water partition coefficient (Wildman–Crippen LogP) is 1.94. The molecule has 1 aromatic carbocycles. The lowest BCUT2D eigenvalue weighted by Crippen LogP contribution is -2.56. The highest BCUT2D eigenvalue weighted by Gasteiger charge is 2.61. The zero-order valence-electron chi connectivity index (χ0n) is 16.1. The van der Waals surface area contributed by atoms with Crippen LogP contribution in [0.1, 0.15) is 40.2 Å². The van der Waals surface area contributed by atoms with Crippen LogP contribution in [0.3, 0.4) is 0 Å². The predicted molar refractivity (Wildman–Crippen MR) is 94.9 cm³/mol. The van der Waals surface area contributed by atoms with Gasteiger partial charge in [-0.15, -0.1) is 0 Å². The molecule has 2 rings (SSSR count). The van der Waals surface area contributed by atoms with Crippen LogP contribution in [0.15, 0.2) is 18.2 Å². The highest BCUT2D eigenvalue weighted by Crippen LogP contribution is 2.50. The van der Waals surface area contributed by atoms with E-state index >= 15 is 0 Å². The second-order valence-corrected chi connectivity index (χ2v) is 8.93. The van der Waals surface area contributed by atoms with Crippen LogP contribution in [-0.2, 0) is 24.8 Å². The average molecular weight is 417 g/mol. The molecule has 11 heteroatoms. The molecule has 1 N–H and O–H groups in total. The maximum atomic E-state index is 14.8. The van der Waals surface area contributed by atoms with E-state index in [4.69, 9.17) is 8.92 Å². The molecule has 1 fully saturated rings. The summed E-state index contributed by atoms with van der Waals surface area (Å²) in [5.41, 5.74) is -3.09. The maximum absolute atomic E-state index is 14.8. The number of anilines is 1. The number of carbonyl (C=O) groups is 2. The molecule has 156 valence electrons. The minimum absolute atomic E-state index is 0.00245. The molecule has 0 spiro atoms. The minimum atomic E-state index is -4.74. The van der Waals surface area contributed by atoms with Gasteiger partial charge in [-0.3, -0.25) is 5.32 Å². The number of hydrogen-bond donors (Lipinski definition) is 1. The van der Waals surface area contributed by atoms with E-state index in [1.807, 2.05) is 0 Å². The van der Waals surface area contributed by atoms with Gasteiger partial charge in [-0.25, -0.2) is 17.7 Å². The number of carbonyl (C=O) groups excluding carboxylic acids is 2. The summed E-state index contributed by atoms with van der Waals surface area (Å²) in [4.78, 5) is 23.3. The van der Waals surface area contributed by atoms with Crippen molar-refractivity contribution in [3.8, 4) is 0 Å². The third-order valence-corrected chi connectivity index (χ3v) is 5.77. The molecule has 1 aliphatic heterocycles. The lowest BCUT2D eigenvalue weighted by molar-refractivity contribution is -0.264. The standard InChI is InChI=1S/C17H23FN2O7S/c1-6-26-14(21)19-10-7-8-12(18)11(9-10)17(5)13(16(2,3)4)27-28(24,25)20(17)15(22)23/h7-9,13H,6H2,1-5H3,(H,19,21)(H,22,23)/p-1/t13?,17-/m1/s1. The number of halogens is 1. The van der Waals surface area contributed by atoms with Gasteiger partial charge in [0.25, 0.3) is 0 Å². The van der Waals surface area contributed by atoms with Crippen LogP contribution >= 0.6 is 0 Å². The molecule has 2 amide bonds. The van der Waals surface area contributed by atoms with Gasteiger partial charge in [0.2, 0.25) is 0 Å². The fourth-order valence-electron chi connectivity index (χ4n) is 3.39. The van der Waals surface area contributed by atoms with Gasteiger partial charge >= 0.3 is 16.4 Å². The maximum Gasteiger partial charge on any atom is 0.411 e. The summed E-state index contributed by atoms with van der Waals surface area (Å²) < 4.78 is 49.4. The number of amides is 2. The monoisotopic (exact) mass is 417 g/mol. The SMILES string of the molecule is CCOC(=O)Nc1ccc(F)c([C@]2(C)C(C(C)(C)C)OS(=O)(=O)N2C(=O)[O-])c1. The highest BCUT2D eigenvalue weighted by molar-refractivity contribution is 7.85. The van der Waals surface area contributed by atoms with Gasteiger partial charge in [0.15, 0.2) is 6.09 Å². The number of carboxylic acid groups (broad SMARTS) is 1. The molecule has 1 unspecified atom stereocenters. The van der Waals surface area contributed by atoms with Gasteiger partial charge in [0.05, 0.1) is 6.61 Å². The van der Waals surface area contributed by atoms with E-state index in [0.717, 1.165) is 12.1 Å². The summed E-state index contributed by atoms with van der Waals surface area (Å²) >= 11 is 0. The van der Waals surface area contributed by atoms with Gasteiger partial charge in [0.1, 0.15) is 17.5 Å². The van der Waals surface area contributed by atoms with E-state index in [0.29, 0.717) is 0 Å². The summed E-state index contributed by atoms with van der Waals surface area (Å²) in [6.07, 6.45) is -4.13. The molecular formula is C17H22FN2O7S-. The Kier molecular flexibility index (Phi) is 5.64. The third-order valence-electron chi connectivity index (χ3n) is 4.36. The van der Waals surface area contributed by atoms with Gasteiger partial charge in [-0.2, -0.15) is 8.42 Å². The first-order chi connectivity index (χ1) is 12.7. The number of nitrogens with one attached hydrogen (secondary N) is 1. The first kappa shape index (κ1) is 21.9. The molecule has 0 saturated carbocycles. The molecule has 1 aliphatic rings. The van der Waals surface area contributed by atoms with Crippen LogP contribution in [0.2, 0.25) is 0 Å². The molecule has 9 nitrogen and oxygen atoms in total. The van der Waals surface area contributed by atoms with Crippen molar-refractivity contribution in [2.75, 3.05) is 11.9 Å². The summed E-state index contributed by atoms with van der Waals surface area (Å²) in [7, 11) is -4.74. The number of rotatable bonds is 3. The summed E-state index contributed by atoms with van der Waals surface area (Å²) in [5, 5.41) is 14.1. The Bertz CT molecular complexity index is 897. The largest absolute Gasteiger partial charge is 0.529 e. The molecule has 0 radical (unpaired) electrons. The molecule has 0 aromatic heterocycles. The lowest BCUT2D eigenvalue weighted by Gasteiger charge is -2.41. The normalized spacial score (nSPS) is 24.1. The van der Waals surface area contributed by atoms with Crippen molar-refractivity contribution in [1.29, 1.82) is 0 Å². The minimum Gasteiger partial charge on any atom is -0.529 e. The fraction of sp³-hybridized carbons (Fsp3) is 0.529. The summed E-state index contributed by atoms with van der Waals surface area (Å²) in [6, 6.07) is 3.37. The van der Waals surface area contributed by atoms with Gasteiger partial charge in [0, 0.05) is 11.3 Å². The Balaban J connectivity index is 2.69. The average Bonchev–Trinajstić information content (AvgIpc) is 2.76. The van der Waals surface area contributed by atoms with Gasteiger partial charge in [-0.1, -0.05) is 20.8 Å². The molecule has 1 heterocycles. The second-order valence-electron chi connectivity index (χ2n) is 7.52. The molecule has 1 saturated heterocycles. The number of hydrogen-bond acceptors (Lipinski definition) is 7. The molecule has 1 aromatic rings. The van der Waals surface area contributed by atoms with Crippen molar-refractivity contribution in [2.24, 2.45) is 5.41 Å². The smallest absolute Gasteiger partial charge is 0.411 e. The van der Waals surface area contributed by atoms with Crippen LogP contribution in [0.5, 0.6) is 0 Å². The Labute approximate surface area is 162 Å². The van der Waals surface area contributed by atoms with Crippen LogP contribution in [0.4, 0.5) is 19.7 Å². The fourth-order valence-corrected chi connectivity index (χ4v) is 5.04. The van der Waals surface area contributed by atoms with Gasteiger partial charge in [-0.05, 0) is 37.5 Å². The molecule has 28 heavy (non-hydrogen) atoms. The summed E-state index contributed by atoms with van der Waals surface area (Å²) in [5.74, 6) is -0.877. The van der Waals surface area contributed by atoms with Crippen molar-refractivity contribution in [3.05, 3.63) is 29.6 Å². The van der Waals surface area contributed by atoms with Crippen molar-refractivity contribution in [1.82, 2.24) is 4.31 Å². The quantitative estimate of drug-likeness (QED) is 0.797. The second kappa shape index (κ2) is 7.21.